The van der Waals surface area contributed by atoms with Crippen molar-refractivity contribution in [2.45, 2.75) is 45.6 Å². The summed E-state index contributed by atoms with van der Waals surface area (Å²) in [6.07, 6.45) is 4.09. The van der Waals surface area contributed by atoms with Crippen LogP contribution in [0, 0.1) is 11.3 Å². The van der Waals surface area contributed by atoms with Gasteiger partial charge in [-0.15, -0.1) is 0 Å². The monoisotopic (exact) mass is 357 g/mol. The fraction of sp³-hybridized carbons (Fsp3) is 0.941. The molecule has 3 aliphatic rings. The van der Waals surface area contributed by atoms with E-state index in [1.165, 1.54) is 0 Å². The number of ether oxygens (including phenoxy) is 1. The minimum Gasteiger partial charge on any atom is -0.381 e. The van der Waals surface area contributed by atoms with E-state index in [1.54, 1.807) is 0 Å². The zero-order valence-electron chi connectivity index (χ0n) is 15.0. The number of sulfone groups is 1. The summed E-state index contributed by atoms with van der Waals surface area (Å²) in [5.41, 5.74) is 0.300. The number of hydrogen-bond donors (Lipinski definition) is 1. The van der Waals surface area contributed by atoms with Crippen molar-refractivity contribution in [1.82, 2.24) is 10.2 Å². The van der Waals surface area contributed by atoms with Gasteiger partial charge >= 0.3 is 0 Å². The van der Waals surface area contributed by atoms with Gasteiger partial charge in [-0.05, 0) is 38.5 Å². The summed E-state index contributed by atoms with van der Waals surface area (Å²) in [6, 6.07) is 0.368. The Hall–Kier alpha value is -0.820. The Balaban J connectivity index is 1.66. The third-order valence-corrected chi connectivity index (χ3v) is 7.57. The third-order valence-electron chi connectivity index (χ3n) is 5.74. The summed E-state index contributed by atoms with van der Waals surface area (Å²) in [5.74, 6) is 1.75. The summed E-state index contributed by atoms with van der Waals surface area (Å²) in [4.78, 5) is 7.17. The number of nitrogens with zero attached hydrogens (tertiary/aromatic N) is 2. The molecule has 0 aromatic carbocycles. The van der Waals surface area contributed by atoms with Crippen molar-refractivity contribution in [3.05, 3.63) is 0 Å². The molecule has 0 bridgehead atoms. The second kappa shape index (κ2) is 7.20. The predicted octanol–water partition coefficient (Wildman–Crippen LogP) is 1.28. The second-order valence-corrected chi connectivity index (χ2v) is 10.1. The molecule has 0 amide bonds. The molecule has 7 heteroatoms. The highest BCUT2D eigenvalue weighted by molar-refractivity contribution is 7.91. The first-order valence-corrected chi connectivity index (χ1v) is 11.1. The number of nitrogens with one attached hydrogen (secondary N) is 1. The van der Waals surface area contributed by atoms with Crippen LogP contribution in [0.25, 0.3) is 0 Å². The van der Waals surface area contributed by atoms with Gasteiger partial charge in [0, 0.05) is 37.7 Å². The topological polar surface area (TPSA) is 71.0 Å². The zero-order valence-corrected chi connectivity index (χ0v) is 15.8. The molecule has 0 aromatic heterocycles. The van der Waals surface area contributed by atoms with Crippen LogP contribution in [0.4, 0.5) is 0 Å². The number of aliphatic imine (C=N–C) groups is 1. The Labute approximate surface area is 146 Å². The lowest BCUT2D eigenvalue weighted by Crippen LogP contribution is -2.45. The molecule has 3 atom stereocenters. The molecule has 24 heavy (non-hydrogen) atoms. The van der Waals surface area contributed by atoms with Crippen molar-refractivity contribution in [2.75, 3.05) is 44.4 Å². The Morgan fingerprint density at radius 1 is 1.46 bits per heavy atom. The van der Waals surface area contributed by atoms with Gasteiger partial charge in [0.25, 0.3) is 0 Å². The molecule has 3 rings (SSSR count). The highest BCUT2D eigenvalue weighted by Crippen LogP contribution is 2.38. The largest absolute Gasteiger partial charge is 0.381 e. The van der Waals surface area contributed by atoms with E-state index in [2.05, 4.69) is 24.1 Å². The molecule has 1 N–H and O–H groups in total. The van der Waals surface area contributed by atoms with Gasteiger partial charge in [0.2, 0.25) is 0 Å². The van der Waals surface area contributed by atoms with Crippen LogP contribution >= 0.6 is 0 Å². The summed E-state index contributed by atoms with van der Waals surface area (Å²) >= 11 is 0. The lowest BCUT2D eigenvalue weighted by molar-refractivity contribution is 0.156. The highest BCUT2D eigenvalue weighted by atomic mass is 32.2. The minimum atomic E-state index is -2.83. The Morgan fingerprint density at radius 2 is 2.29 bits per heavy atom. The van der Waals surface area contributed by atoms with Crippen molar-refractivity contribution < 1.29 is 13.2 Å². The van der Waals surface area contributed by atoms with Crippen LogP contribution < -0.4 is 5.32 Å². The summed E-state index contributed by atoms with van der Waals surface area (Å²) in [6.45, 7) is 8.68. The van der Waals surface area contributed by atoms with E-state index >= 15 is 0 Å². The summed E-state index contributed by atoms with van der Waals surface area (Å²) in [5, 5.41) is 3.55. The molecule has 3 aliphatic heterocycles. The first kappa shape index (κ1) is 18.0. The molecule has 0 aromatic rings. The smallest absolute Gasteiger partial charge is 0.194 e. The lowest BCUT2D eigenvalue weighted by Gasteiger charge is -2.27. The van der Waals surface area contributed by atoms with Crippen LogP contribution in [-0.2, 0) is 14.6 Å². The Morgan fingerprint density at radius 3 is 2.92 bits per heavy atom. The first-order valence-electron chi connectivity index (χ1n) is 9.25. The maximum absolute atomic E-state index is 11.6. The van der Waals surface area contributed by atoms with Gasteiger partial charge in [0.05, 0.1) is 18.1 Å². The molecule has 3 fully saturated rings. The number of guanidine groups is 1. The van der Waals surface area contributed by atoms with Crippen molar-refractivity contribution in [1.29, 1.82) is 0 Å². The van der Waals surface area contributed by atoms with E-state index in [0.29, 0.717) is 29.5 Å². The standard InChI is InChI=1S/C17H31N3O3S/c1-3-14(2)19-16(18-10-15-4-9-24(21,22)11-15)20-7-5-17(12-20)6-8-23-13-17/h14-15H,3-13H2,1-2H3,(H,18,19). The van der Waals surface area contributed by atoms with E-state index in [4.69, 9.17) is 9.73 Å². The fourth-order valence-corrected chi connectivity index (χ4v) is 5.73. The molecule has 138 valence electrons. The van der Waals surface area contributed by atoms with Gasteiger partial charge in [-0.3, -0.25) is 4.99 Å². The molecule has 3 unspecified atom stereocenters. The molecule has 0 aliphatic carbocycles. The number of likely N-dealkylation sites (tertiary alicyclic amines) is 1. The highest BCUT2D eigenvalue weighted by Gasteiger charge is 2.42. The van der Waals surface area contributed by atoms with Crippen LogP contribution in [0.15, 0.2) is 4.99 Å². The normalized spacial score (nSPS) is 34.2. The molecular weight excluding hydrogens is 326 g/mol. The van der Waals surface area contributed by atoms with Crippen LogP contribution in [0.1, 0.15) is 39.5 Å². The van der Waals surface area contributed by atoms with Crippen molar-refractivity contribution >= 4 is 15.8 Å². The molecule has 0 radical (unpaired) electrons. The van der Waals surface area contributed by atoms with Crippen LogP contribution in [0.5, 0.6) is 0 Å². The fourth-order valence-electron chi connectivity index (χ4n) is 3.88. The van der Waals surface area contributed by atoms with Crippen molar-refractivity contribution in [2.24, 2.45) is 16.3 Å². The number of hydrogen-bond acceptors (Lipinski definition) is 4. The Bertz CT molecular complexity index is 570. The maximum Gasteiger partial charge on any atom is 0.194 e. The average Bonchev–Trinajstić information content (AvgIpc) is 3.26. The maximum atomic E-state index is 11.6. The van der Waals surface area contributed by atoms with Crippen LogP contribution in [0.2, 0.25) is 0 Å². The van der Waals surface area contributed by atoms with E-state index in [1.807, 2.05) is 0 Å². The van der Waals surface area contributed by atoms with E-state index < -0.39 is 9.84 Å². The van der Waals surface area contributed by atoms with Crippen molar-refractivity contribution in [3.63, 3.8) is 0 Å². The predicted molar refractivity (Wildman–Crippen MR) is 96.0 cm³/mol. The molecule has 0 saturated carbocycles. The van der Waals surface area contributed by atoms with Gasteiger partial charge in [0.15, 0.2) is 15.8 Å². The van der Waals surface area contributed by atoms with Gasteiger partial charge < -0.3 is 15.0 Å². The van der Waals surface area contributed by atoms with Crippen LogP contribution in [-0.4, -0.2) is 69.7 Å². The molecule has 3 heterocycles. The van der Waals surface area contributed by atoms with Crippen LogP contribution in [0.3, 0.4) is 0 Å². The SMILES string of the molecule is CCC(C)NC(=NCC1CCS(=O)(=O)C1)N1CCC2(CCOC2)C1. The van der Waals surface area contributed by atoms with Crippen molar-refractivity contribution in [3.8, 4) is 0 Å². The lowest BCUT2D eigenvalue weighted by atomic mass is 9.87. The second-order valence-electron chi connectivity index (χ2n) is 7.86. The third kappa shape index (κ3) is 4.23. The molecule has 6 nitrogen and oxygen atoms in total. The first-order chi connectivity index (χ1) is 11.4. The van der Waals surface area contributed by atoms with Gasteiger partial charge in [-0.1, -0.05) is 6.92 Å². The van der Waals surface area contributed by atoms with E-state index in [0.717, 1.165) is 57.9 Å². The Kier molecular flexibility index (Phi) is 5.39. The minimum absolute atomic E-state index is 0.176. The molecular formula is C17H31N3O3S. The quantitative estimate of drug-likeness (QED) is 0.606. The van der Waals surface area contributed by atoms with E-state index in [-0.39, 0.29) is 5.92 Å². The van der Waals surface area contributed by atoms with E-state index in [9.17, 15) is 8.42 Å². The average molecular weight is 358 g/mol. The number of rotatable bonds is 4. The summed E-state index contributed by atoms with van der Waals surface area (Å²) in [7, 11) is -2.83. The summed E-state index contributed by atoms with van der Waals surface area (Å²) < 4.78 is 28.9. The van der Waals surface area contributed by atoms with Gasteiger partial charge in [0.1, 0.15) is 0 Å². The van der Waals surface area contributed by atoms with Gasteiger partial charge in [-0.25, -0.2) is 8.42 Å². The zero-order chi connectivity index (χ0) is 17.2. The molecule has 1 spiro atoms. The van der Waals surface area contributed by atoms with Gasteiger partial charge in [-0.2, -0.15) is 0 Å². The molecule has 3 saturated heterocycles.